The summed E-state index contributed by atoms with van der Waals surface area (Å²) in [6.07, 6.45) is 3.67. The zero-order valence-corrected chi connectivity index (χ0v) is 12.6. The molecule has 2 aromatic carbocycles. The Morgan fingerprint density at radius 1 is 1.09 bits per heavy atom. The van der Waals surface area contributed by atoms with E-state index in [-0.39, 0.29) is 17.4 Å². The number of cyclic esters (lactones) is 1. The van der Waals surface area contributed by atoms with Crippen LogP contribution >= 0.6 is 11.8 Å². The maximum atomic E-state index is 12.9. The smallest absolute Gasteiger partial charge is 0.363 e. The van der Waals surface area contributed by atoms with Gasteiger partial charge in [0.1, 0.15) is 5.82 Å². The Bertz CT molecular complexity index is 764. The number of aliphatic imine (C=N–C) groups is 1. The summed E-state index contributed by atoms with van der Waals surface area (Å²) >= 11 is 1.65. The van der Waals surface area contributed by atoms with Gasteiger partial charge in [-0.15, -0.1) is 11.8 Å². The molecule has 110 valence electrons. The van der Waals surface area contributed by atoms with E-state index in [1.165, 1.54) is 24.3 Å². The first kappa shape index (κ1) is 14.5. The molecule has 0 radical (unpaired) electrons. The number of ether oxygens (including phenoxy) is 1. The lowest BCUT2D eigenvalue weighted by molar-refractivity contribution is -0.129. The van der Waals surface area contributed by atoms with E-state index in [0.29, 0.717) is 5.56 Å². The molecule has 1 aliphatic rings. The van der Waals surface area contributed by atoms with E-state index in [1.54, 1.807) is 17.8 Å². The third-order valence-electron chi connectivity index (χ3n) is 3.13. The van der Waals surface area contributed by atoms with E-state index in [9.17, 15) is 9.18 Å². The second kappa shape index (κ2) is 6.15. The van der Waals surface area contributed by atoms with Gasteiger partial charge in [0, 0.05) is 10.5 Å². The molecule has 0 fully saturated rings. The van der Waals surface area contributed by atoms with Gasteiger partial charge in [0.05, 0.1) is 0 Å². The van der Waals surface area contributed by atoms with Crippen molar-refractivity contribution in [3.63, 3.8) is 0 Å². The van der Waals surface area contributed by atoms with Crippen molar-refractivity contribution in [2.24, 2.45) is 4.99 Å². The molecule has 0 N–H and O–H groups in total. The second-order valence-electron chi connectivity index (χ2n) is 4.62. The highest BCUT2D eigenvalue weighted by molar-refractivity contribution is 7.98. The maximum Gasteiger partial charge on any atom is 0.363 e. The summed E-state index contributed by atoms with van der Waals surface area (Å²) in [4.78, 5) is 17.2. The molecule has 0 saturated heterocycles. The third kappa shape index (κ3) is 3.09. The largest absolute Gasteiger partial charge is 0.402 e. The van der Waals surface area contributed by atoms with Crippen LogP contribution in [0.5, 0.6) is 0 Å². The molecule has 2 aromatic rings. The number of hydrogen-bond acceptors (Lipinski definition) is 4. The number of halogens is 1. The number of carbonyl (C=O) groups excluding carboxylic acids is 1. The van der Waals surface area contributed by atoms with Gasteiger partial charge in [-0.2, -0.15) is 0 Å². The first-order chi connectivity index (χ1) is 10.7. The second-order valence-corrected chi connectivity index (χ2v) is 5.50. The molecule has 0 unspecified atom stereocenters. The summed E-state index contributed by atoms with van der Waals surface area (Å²) < 4.78 is 18.0. The molecule has 0 aromatic heterocycles. The van der Waals surface area contributed by atoms with Crippen molar-refractivity contribution in [3.8, 4) is 0 Å². The molecule has 0 spiro atoms. The van der Waals surface area contributed by atoms with Crippen LogP contribution < -0.4 is 0 Å². The Labute approximate surface area is 131 Å². The molecule has 0 bridgehead atoms. The normalized spacial score (nSPS) is 15.8. The van der Waals surface area contributed by atoms with Crippen LogP contribution in [0.2, 0.25) is 0 Å². The molecule has 3 rings (SSSR count). The van der Waals surface area contributed by atoms with Gasteiger partial charge in [-0.25, -0.2) is 14.2 Å². The SMILES string of the molecule is CSc1ccc(/C=C2\N=C(c3ccc(F)cc3)OC2=O)cc1. The number of rotatable bonds is 3. The molecular weight excluding hydrogens is 301 g/mol. The maximum absolute atomic E-state index is 12.9. The van der Waals surface area contributed by atoms with E-state index in [0.717, 1.165) is 10.5 Å². The van der Waals surface area contributed by atoms with Gasteiger partial charge in [-0.05, 0) is 54.3 Å². The zero-order valence-electron chi connectivity index (χ0n) is 11.7. The predicted molar refractivity (Wildman–Crippen MR) is 85.2 cm³/mol. The molecular formula is C17H12FNO2S. The van der Waals surface area contributed by atoms with Crippen molar-refractivity contribution < 1.29 is 13.9 Å². The Balaban J connectivity index is 1.88. The minimum absolute atomic E-state index is 0.192. The highest BCUT2D eigenvalue weighted by atomic mass is 32.2. The number of thioether (sulfide) groups is 1. The van der Waals surface area contributed by atoms with Crippen LogP contribution in [0.3, 0.4) is 0 Å². The van der Waals surface area contributed by atoms with Gasteiger partial charge in [0.2, 0.25) is 5.90 Å². The first-order valence-electron chi connectivity index (χ1n) is 6.58. The van der Waals surface area contributed by atoms with Crippen LogP contribution in [0.25, 0.3) is 6.08 Å². The average molecular weight is 313 g/mol. The molecule has 5 heteroatoms. The van der Waals surface area contributed by atoms with Crippen LogP contribution in [0.1, 0.15) is 11.1 Å². The fourth-order valence-electron chi connectivity index (χ4n) is 1.98. The molecule has 0 aliphatic carbocycles. The van der Waals surface area contributed by atoms with Crippen LogP contribution in [0.15, 0.2) is 64.1 Å². The molecule has 3 nitrogen and oxygen atoms in total. The highest BCUT2D eigenvalue weighted by Gasteiger charge is 2.24. The van der Waals surface area contributed by atoms with E-state index >= 15 is 0 Å². The van der Waals surface area contributed by atoms with Crippen LogP contribution in [-0.2, 0) is 9.53 Å². The quantitative estimate of drug-likeness (QED) is 0.490. The third-order valence-corrected chi connectivity index (χ3v) is 3.87. The lowest BCUT2D eigenvalue weighted by Crippen LogP contribution is -2.05. The number of esters is 1. The summed E-state index contributed by atoms with van der Waals surface area (Å²) in [5.74, 6) is -0.663. The van der Waals surface area contributed by atoms with Crippen molar-refractivity contribution in [2.75, 3.05) is 6.26 Å². The summed E-state index contributed by atoms with van der Waals surface area (Å²) in [5, 5.41) is 0. The van der Waals surface area contributed by atoms with Crippen molar-refractivity contribution in [3.05, 3.63) is 71.2 Å². The predicted octanol–water partition coefficient (Wildman–Crippen LogP) is 3.89. The van der Waals surface area contributed by atoms with Crippen molar-refractivity contribution in [1.29, 1.82) is 0 Å². The van der Waals surface area contributed by atoms with Gasteiger partial charge < -0.3 is 4.74 Å². The van der Waals surface area contributed by atoms with Gasteiger partial charge in [0.15, 0.2) is 5.70 Å². The van der Waals surface area contributed by atoms with E-state index in [2.05, 4.69) is 4.99 Å². The Morgan fingerprint density at radius 3 is 2.41 bits per heavy atom. The standard InChI is InChI=1S/C17H12FNO2S/c1-22-14-8-2-11(3-9-14)10-15-17(20)21-16(19-15)12-4-6-13(18)7-5-12/h2-10H,1H3/b15-10-. The highest BCUT2D eigenvalue weighted by Crippen LogP contribution is 2.21. The van der Waals surface area contributed by atoms with Crippen LogP contribution in [0.4, 0.5) is 4.39 Å². The summed E-state index contributed by atoms with van der Waals surface area (Å²) in [7, 11) is 0. The number of hydrogen-bond donors (Lipinski definition) is 0. The monoisotopic (exact) mass is 313 g/mol. The van der Waals surface area contributed by atoms with Gasteiger partial charge >= 0.3 is 5.97 Å². The Hall–Kier alpha value is -2.40. The summed E-state index contributed by atoms with van der Waals surface area (Å²) in [6.45, 7) is 0. The van der Waals surface area contributed by atoms with Gasteiger partial charge in [-0.1, -0.05) is 12.1 Å². The topological polar surface area (TPSA) is 38.7 Å². The Morgan fingerprint density at radius 2 is 1.77 bits per heavy atom. The van der Waals surface area contributed by atoms with Crippen molar-refractivity contribution in [2.45, 2.75) is 4.90 Å². The van der Waals surface area contributed by atoms with E-state index in [1.807, 2.05) is 30.5 Å². The van der Waals surface area contributed by atoms with Gasteiger partial charge in [0.25, 0.3) is 0 Å². The molecule has 1 aliphatic heterocycles. The van der Waals surface area contributed by atoms with Crippen LogP contribution in [0, 0.1) is 5.82 Å². The van der Waals surface area contributed by atoms with Gasteiger partial charge in [-0.3, -0.25) is 0 Å². The van der Waals surface area contributed by atoms with E-state index in [4.69, 9.17) is 4.74 Å². The molecule has 22 heavy (non-hydrogen) atoms. The molecule has 0 saturated carbocycles. The van der Waals surface area contributed by atoms with E-state index < -0.39 is 5.97 Å². The lowest BCUT2D eigenvalue weighted by Gasteiger charge is -1.98. The number of benzene rings is 2. The molecule has 0 amide bonds. The fourth-order valence-corrected chi connectivity index (χ4v) is 2.39. The average Bonchev–Trinajstić information content (AvgIpc) is 2.90. The summed E-state index contributed by atoms with van der Waals surface area (Å²) in [6, 6.07) is 13.4. The minimum atomic E-state index is -0.506. The molecule has 0 atom stereocenters. The first-order valence-corrected chi connectivity index (χ1v) is 7.81. The molecule has 1 heterocycles. The number of carbonyl (C=O) groups is 1. The number of nitrogens with zero attached hydrogens (tertiary/aromatic N) is 1. The summed E-state index contributed by atoms with van der Waals surface area (Å²) in [5.41, 5.74) is 1.67. The van der Waals surface area contributed by atoms with Crippen molar-refractivity contribution in [1.82, 2.24) is 0 Å². The lowest BCUT2D eigenvalue weighted by atomic mass is 10.2. The van der Waals surface area contributed by atoms with Crippen LogP contribution in [-0.4, -0.2) is 18.1 Å². The zero-order chi connectivity index (χ0) is 15.5. The fraction of sp³-hybridized carbons (Fsp3) is 0.0588. The Kier molecular flexibility index (Phi) is 4.06. The minimum Gasteiger partial charge on any atom is -0.402 e. The van der Waals surface area contributed by atoms with Crippen molar-refractivity contribution >= 4 is 29.7 Å².